The fourth-order valence-corrected chi connectivity index (χ4v) is 35.8. The molecule has 0 aliphatic heterocycles. The van der Waals surface area contributed by atoms with Gasteiger partial charge in [0, 0.05) is 0 Å². The van der Waals surface area contributed by atoms with E-state index in [2.05, 4.69) is 209 Å². The Morgan fingerprint density at radius 3 is 0.958 bits per heavy atom. The maximum atomic E-state index is 10.2. The van der Waals surface area contributed by atoms with Crippen LogP contribution in [0.4, 0.5) is 0 Å². The summed E-state index contributed by atoms with van der Waals surface area (Å²) in [5.41, 5.74) is 11.9. The molecule has 119 heavy (non-hydrogen) atoms. The van der Waals surface area contributed by atoms with Crippen LogP contribution in [0.5, 0.6) is 0 Å². The van der Waals surface area contributed by atoms with E-state index in [1.165, 1.54) is 205 Å². The first-order chi connectivity index (χ1) is 56.3. The highest BCUT2D eigenvalue weighted by Gasteiger charge is 2.65. The van der Waals surface area contributed by atoms with Crippen LogP contribution in [0.1, 0.15) is 423 Å². The molecule has 0 aromatic rings. The monoisotopic (exact) mass is 1640 g/mol. The summed E-state index contributed by atoms with van der Waals surface area (Å²) in [7, 11) is 0. The largest absolute Gasteiger partial charge is 0.393 e. The van der Waals surface area contributed by atoms with E-state index in [9.17, 15) is 20.4 Å². The van der Waals surface area contributed by atoms with Crippen molar-refractivity contribution in [1.29, 1.82) is 0 Å². The van der Waals surface area contributed by atoms with Gasteiger partial charge >= 0.3 is 0 Å². The van der Waals surface area contributed by atoms with Gasteiger partial charge in [0.1, 0.15) is 0 Å². The molecule has 0 spiro atoms. The van der Waals surface area contributed by atoms with Crippen LogP contribution in [0.15, 0.2) is 70.4 Å². The Bertz CT molecular complexity index is 3520. The molecule has 0 aromatic carbocycles. The van der Waals surface area contributed by atoms with Crippen molar-refractivity contribution in [3.63, 3.8) is 0 Å². The van der Waals surface area contributed by atoms with Crippen LogP contribution in [0, 0.1) is 203 Å². The molecule has 0 saturated heterocycles. The van der Waals surface area contributed by atoms with E-state index in [1.54, 1.807) is 27.9 Å². The highest BCUT2D eigenvalue weighted by Crippen LogP contribution is 2.73. The van der Waals surface area contributed by atoms with Crippen LogP contribution >= 0.6 is 0 Å². The minimum absolute atomic E-state index is 0.0790. The molecule has 0 amide bonds. The molecule has 4 N–H and O–H groups in total. The smallest absolute Gasteiger partial charge is 0.0577 e. The molecule has 4 nitrogen and oxygen atoms in total. The third kappa shape index (κ3) is 18.3. The molecule has 16 aliphatic rings. The predicted molar refractivity (Wildman–Crippen MR) is 508 cm³/mol. The predicted octanol–water partition coefficient (Wildman–Crippen LogP) is 31.4. The summed E-state index contributed by atoms with van der Waals surface area (Å²) >= 11 is 0. The van der Waals surface area contributed by atoms with Gasteiger partial charge in [-0.2, -0.15) is 0 Å². The van der Waals surface area contributed by atoms with E-state index in [1.807, 2.05) is 0 Å². The Morgan fingerprint density at radius 2 is 0.664 bits per heavy atom. The number of allylic oxidation sites excluding steroid dienone is 8. The van der Waals surface area contributed by atoms with Crippen LogP contribution in [0.2, 0.25) is 0 Å². The lowest BCUT2D eigenvalue weighted by Gasteiger charge is -2.58. The van der Waals surface area contributed by atoms with Crippen molar-refractivity contribution in [3.8, 4) is 0 Å². The normalized spacial score (nSPS) is 45.6. The summed E-state index contributed by atoms with van der Waals surface area (Å²) in [5.74, 6) is 23.4. The van der Waals surface area contributed by atoms with Gasteiger partial charge in [0.2, 0.25) is 0 Å². The average Bonchev–Trinajstić information content (AvgIpc) is 1.67. The average molecular weight is 1640 g/mol. The lowest BCUT2D eigenvalue weighted by Crippen LogP contribution is -2.50. The van der Waals surface area contributed by atoms with Crippen LogP contribution in [0.3, 0.4) is 0 Å². The van der Waals surface area contributed by atoms with E-state index in [-0.39, 0.29) is 24.4 Å². The molecular formula is C115H194O4. The van der Waals surface area contributed by atoms with Crippen molar-refractivity contribution in [2.24, 2.45) is 203 Å². The second-order valence-electron chi connectivity index (χ2n) is 50.4. The number of aliphatic hydroxyl groups excluding tert-OH is 4. The SMILES string of the molecule is C/C=C(\CC[C@@H](C)[C@H]1CC[C@H]2[C@@H]3CC=C4C[C@@H](O)CC[C@]4(C)[C@H]3CC[C@]12C)C(C)C.CC(C)[C@H](C)CC[C@@H](C)[C@H]1CC[C@H]2[C@@H]3CC=C4C[C@@H](O)CC[C@]4(C)[C@H]3CC[C@]12C.CC[C@H](/C=C/[C@@H](C)[C@H]1CC[C@H]2[C@@H]3CC=C4C[C@@H](O)CC[C@]4(C)[C@H]3CC[C@]12C)C(C)C.CC[C@H](CC[C@@H](C)[C@H]1CC[C@H]2[C@@H]3CC=C4C[C@@H](O)CC[C@]4(C)[C@H]3CC[C@]12C)C(C)C. The van der Waals surface area contributed by atoms with E-state index in [4.69, 9.17) is 0 Å². The van der Waals surface area contributed by atoms with Crippen molar-refractivity contribution < 1.29 is 20.4 Å². The lowest BCUT2D eigenvalue weighted by atomic mass is 9.47. The Kier molecular flexibility index (Phi) is 30.4. The molecule has 12 fully saturated rings. The Labute approximate surface area is 736 Å². The zero-order valence-corrected chi connectivity index (χ0v) is 82.5. The number of fused-ring (bicyclic) bond motifs is 20. The minimum Gasteiger partial charge on any atom is -0.393 e. The second kappa shape index (κ2) is 38.1. The molecule has 0 aromatic heterocycles. The molecule has 16 rings (SSSR count). The van der Waals surface area contributed by atoms with Gasteiger partial charge in [-0.25, -0.2) is 0 Å². The van der Waals surface area contributed by atoms with Crippen molar-refractivity contribution in [2.75, 3.05) is 0 Å². The fraction of sp³-hybridized carbons (Fsp3) is 0.896. The quantitative estimate of drug-likeness (QED) is 0.0864. The molecule has 0 radical (unpaired) electrons. The van der Waals surface area contributed by atoms with E-state index in [0.717, 1.165) is 199 Å². The summed E-state index contributed by atoms with van der Waals surface area (Å²) in [4.78, 5) is 0. The van der Waals surface area contributed by atoms with Gasteiger partial charge in [0.05, 0.1) is 24.4 Å². The second-order valence-corrected chi connectivity index (χ2v) is 50.4. The van der Waals surface area contributed by atoms with Crippen LogP contribution in [-0.4, -0.2) is 44.8 Å². The zero-order chi connectivity index (χ0) is 86.0. The van der Waals surface area contributed by atoms with Gasteiger partial charge in [-0.05, 0) is 441 Å². The maximum Gasteiger partial charge on any atom is 0.0577 e. The van der Waals surface area contributed by atoms with Crippen molar-refractivity contribution in [1.82, 2.24) is 0 Å². The van der Waals surface area contributed by atoms with E-state index < -0.39 is 0 Å². The van der Waals surface area contributed by atoms with Crippen LogP contribution in [-0.2, 0) is 0 Å². The van der Waals surface area contributed by atoms with Gasteiger partial charge in [-0.15, -0.1) is 0 Å². The molecular weight excluding hydrogens is 1450 g/mol. The first kappa shape index (κ1) is 94.9. The molecule has 678 valence electrons. The first-order valence-electron chi connectivity index (χ1n) is 53.1. The summed E-state index contributed by atoms with van der Waals surface area (Å²) < 4.78 is 0. The first-order valence-corrected chi connectivity index (χ1v) is 53.1. The van der Waals surface area contributed by atoms with Gasteiger partial charge in [0.25, 0.3) is 0 Å². The summed E-state index contributed by atoms with van der Waals surface area (Å²) in [6, 6.07) is 0. The highest BCUT2D eigenvalue weighted by molar-refractivity contribution is 5.30. The number of hydrogen-bond acceptors (Lipinski definition) is 4. The van der Waals surface area contributed by atoms with Crippen molar-refractivity contribution in [2.45, 2.75) is 447 Å². The number of rotatable bonds is 21. The van der Waals surface area contributed by atoms with Crippen LogP contribution < -0.4 is 0 Å². The van der Waals surface area contributed by atoms with Gasteiger partial charge in [-0.3, -0.25) is 0 Å². The van der Waals surface area contributed by atoms with Crippen molar-refractivity contribution >= 4 is 0 Å². The third-order valence-electron chi connectivity index (χ3n) is 44.0. The van der Waals surface area contributed by atoms with Crippen LogP contribution in [0.25, 0.3) is 0 Å². The molecule has 0 unspecified atom stereocenters. The third-order valence-corrected chi connectivity index (χ3v) is 44.0. The lowest BCUT2D eigenvalue weighted by molar-refractivity contribution is -0.0575. The summed E-state index contributed by atoms with van der Waals surface area (Å²) in [5, 5.41) is 41.0. The topological polar surface area (TPSA) is 80.9 Å². The molecule has 16 aliphatic carbocycles. The highest BCUT2D eigenvalue weighted by atomic mass is 16.3. The van der Waals surface area contributed by atoms with Gasteiger partial charge < -0.3 is 20.4 Å². The van der Waals surface area contributed by atoms with Gasteiger partial charge in [-0.1, -0.05) is 255 Å². The molecule has 35 atom stereocenters. The summed E-state index contributed by atoms with van der Waals surface area (Å²) in [6.45, 7) is 59.7. The molecule has 0 heterocycles. The Balaban J connectivity index is 0.000000137. The number of aliphatic hydroxyl groups is 4. The molecule has 4 heteroatoms. The fourth-order valence-electron chi connectivity index (χ4n) is 35.8. The van der Waals surface area contributed by atoms with Gasteiger partial charge in [0.15, 0.2) is 0 Å². The zero-order valence-electron chi connectivity index (χ0n) is 82.5. The Morgan fingerprint density at radius 1 is 0.345 bits per heavy atom. The standard InChI is InChI=1S/C29H50O.2C29H48O.C28H48O/c3*1-7-21(19(2)3)9-8-20(4)25-12-13-26-24-11-10-22-18-23(30)14-16-28(22,5)27(24)15-17-29(25,26)6;1-18(2)19(3)7-8-20(4)24-11-12-25-23-10-9-21-17-22(29)13-15-27(21,5)26(23)14-16-28(24,25)6/h10,19-21,23-27,30H,7-9,11-18H2,1-6H3;8-10,19-21,23-27,30H,7,11-18H2,1-6H3;7,10,19-20,23-27,30H,8-9,11-18H2,1-6H3;9,18-20,22-26,29H,7-8,10-17H2,1-6H3/b;9-8+;21-7+;/t2*20-,21-,23+,24+,25-,26+,27+,28+,29-;20-,23+,24+,25-,26+,27+,28+,29-;19-,20-,22+,23+,24-,25+,26+,27+,28-/m1111/s1. The summed E-state index contributed by atoms with van der Waals surface area (Å²) in [6.07, 6.45) is 69.7. The van der Waals surface area contributed by atoms with Crippen molar-refractivity contribution in [3.05, 3.63) is 70.4 Å². The maximum absolute atomic E-state index is 10.2. The number of hydrogen-bond donors (Lipinski definition) is 4. The molecule has 12 saturated carbocycles. The molecule has 0 bridgehead atoms. The Hall–Kier alpha value is -1.72. The van der Waals surface area contributed by atoms with E-state index in [0.29, 0.717) is 55.2 Å². The minimum atomic E-state index is -0.0870. The van der Waals surface area contributed by atoms with E-state index >= 15 is 0 Å².